The molecule has 0 radical (unpaired) electrons. The number of methoxy groups -OCH3 is 1. The quantitative estimate of drug-likeness (QED) is 0.639. The Balaban J connectivity index is 2.47. The van der Waals surface area contributed by atoms with Gasteiger partial charge in [-0.3, -0.25) is 14.2 Å². The predicted octanol–water partition coefficient (Wildman–Crippen LogP) is 4.81. The lowest BCUT2D eigenvalue weighted by Gasteiger charge is -2.27. The summed E-state index contributed by atoms with van der Waals surface area (Å²) in [5, 5.41) is 0.943. The van der Waals surface area contributed by atoms with Gasteiger partial charge in [0, 0.05) is 24.7 Å². The van der Waals surface area contributed by atoms with Gasteiger partial charge in [-0.25, -0.2) is 0 Å². The zero-order valence-electron chi connectivity index (χ0n) is 19.0. The second-order valence-electron chi connectivity index (χ2n) is 9.26. The fourth-order valence-electron chi connectivity index (χ4n) is 3.41. The number of ether oxygens (including phenoxy) is 1. The van der Waals surface area contributed by atoms with Crippen LogP contribution in [0.25, 0.3) is 10.9 Å². The van der Waals surface area contributed by atoms with E-state index in [1.807, 2.05) is 43.0 Å². The molecule has 0 fully saturated rings. The van der Waals surface area contributed by atoms with Crippen molar-refractivity contribution in [2.75, 3.05) is 20.2 Å². The Hall–Kier alpha value is -2.30. The summed E-state index contributed by atoms with van der Waals surface area (Å²) < 4.78 is 6.97. The van der Waals surface area contributed by atoms with E-state index in [1.165, 1.54) is 0 Å². The first-order valence-corrected chi connectivity index (χ1v) is 10.6. The summed E-state index contributed by atoms with van der Waals surface area (Å²) in [5.74, 6) is 0.750. The molecule has 160 valence electrons. The Morgan fingerprint density at radius 2 is 1.86 bits per heavy atom. The van der Waals surface area contributed by atoms with Crippen LogP contribution in [0.4, 0.5) is 0 Å². The van der Waals surface area contributed by atoms with E-state index in [0.29, 0.717) is 18.8 Å². The summed E-state index contributed by atoms with van der Waals surface area (Å²) in [4.78, 5) is 28.3. The lowest BCUT2D eigenvalue weighted by molar-refractivity contribution is -0.132. The second kappa shape index (κ2) is 9.47. The zero-order chi connectivity index (χ0) is 21.8. The van der Waals surface area contributed by atoms with Gasteiger partial charge < -0.3 is 9.64 Å². The van der Waals surface area contributed by atoms with E-state index < -0.39 is 0 Å². The number of aromatic nitrogens is 1. The van der Waals surface area contributed by atoms with Gasteiger partial charge in [0.15, 0.2) is 0 Å². The van der Waals surface area contributed by atoms with Crippen LogP contribution in [-0.4, -0.2) is 35.6 Å². The highest BCUT2D eigenvalue weighted by atomic mass is 16.5. The summed E-state index contributed by atoms with van der Waals surface area (Å²) in [5.41, 5.74) is 1.52. The van der Waals surface area contributed by atoms with Crippen LogP contribution >= 0.6 is 0 Å². The van der Waals surface area contributed by atoms with Gasteiger partial charge in [-0.05, 0) is 47.8 Å². The van der Waals surface area contributed by atoms with Crippen molar-refractivity contribution < 1.29 is 9.53 Å². The monoisotopic (exact) mass is 400 g/mol. The van der Waals surface area contributed by atoms with Crippen molar-refractivity contribution in [2.24, 2.45) is 5.41 Å². The maximum absolute atomic E-state index is 13.2. The van der Waals surface area contributed by atoms with Gasteiger partial charge in [0.1, 0.15) is 12.3 Å². The number of hydrogen-bond acceptors (Lipinski definition) is 3. The summed E-state index contributed by atoms with van der Waals surface area (Å²) in [6.07, 6.45) is 1.82. The molecule has 5 nitrogen and oxygen atoms in total. The average Bonchev–Trinajstić information content (AvgIpc) is 2.65. The van der Waals surface area contributed by atoms with Crippen LogP contribution in [0, 0.1) is 5.41 Å². The van der Waals surface area contributed by atoms with Crippen molar-refractivity contribution in [3.05, 3.63) is 40.2 Å². The van der Waals surface area contributed by atoms with E-state index in [4.69, 9.17) is 4.74 Å². The van der Waals surface area contributed by atoms with Crippen molar-refractivity contribution in [2.45, 2.75) is 66.8 Å². The summed E-state index contributed by atoms with van der Waals surface area (Å²) in [7, 11) is 1.60. The molecule has 0 aliphatic rings. The van der Waals surface area contributed by atoms with E-state index in [2.05, 4.69) is 27.7 Å². The highest BCUT2D eigenvalue weighted by molar-refractivity contribution is 5.84. The van der Waals surface area contributed by atoms with Crippen LogP contribution in [0.2, 0.25) is 0 Å². The number of fused-ring (bicyclic) bond motifs is 1. The van der Waals surface area contributed by atoms with Crippen molar-refractivity contribution >= 4 is 16.8 Å². The molecule has 1 aromatic carbocycles. The maximum Gasteiger partial charge on any atom is 0.254 e. The third-order valence-corrected chi connectivity index (χ3v) is 5.22. The number of benzene rings is 1. The number of carbonyl (C=O) groups excluding carboxylic acids is 1. The molecule has 29 heavy (non-hydrogen) atoms. The van der Waals surface area contributed by atoms with E-state index in [1.54, 1.807) is 11.7 Å². The Morgan fingerprint density at radius 1 is 1.17 bits per heavy atom. The van der Waals surface area contributed by atoms with Gasteiger partial charge in [0.05, 0.1) is 12.6 Å². The Bertz CT molecular complexity index is 907. The van der Waals surface area contributed by atoms with E-state index in [9.17, 15) is 9.59 Å². The highest BCUT2D eigenvalue weighted by Crippen LogP contribution is 2.23. The van der Waals surface area contributed by atoms with Crippen molar-refractivity contribution in [1.29, 1.82) is 0 Å². The van der Waals surface area contributed by atoms with Gasteiger partial charge in [0.25, 0.3) is 5.56 Å². The normalized spacial score (nSPS) is 11.9. The molecule has 0 saturated carbocycles. The van der Waals surface area contributed by atoms with Gasteiger partial charge in [0.2, 0.25) is 5.91 Å². The van der Waals surface area contributed by atoms with Crippen molar-refractivity contribution in [3.63, 3.8) is 0 Å². The molecule has 5 heteroatoms. The van der Waals surface area contributed by atoms with E-state index in [0.717, 1.165) is 29.3 Å². The largest absolute Gasteiger partial charge is 0.497 e. The van der Waals surface area contributed by atoms with Crippen LogP contribution in [0.3, 0.4) is 0 Å². The van der Waals surface area contributed by atoms with E-state index >= 15 is 0 Å². The van der Waals surface area contributed by atoms with Gasteiger partial charge in [-0.2, -0.15) is 0 Å². The Labute approximate surface area is 174 Å². The molecule has 0 spiro atoms. The van der Waals surface area contributed by atoms with E-state index in [-0.39, 0.29) is 29.3 Å². The third-order valence-electron chi connectivity index (χ3n) is 5.22. The number of amides is 1. The van der Waals surface area contributed by atoms with Crippen LogP contribution in [0.5, 0.6) is 5.75 Å². The first-order chi connectivity index (χ1) is 13.6. The minimum atomic E-state index is -0.0960. The van der Waals surface area contributed by atoms with Gasteiger partial charge in [-0.1, -0.05) is 41.5 Å². The standard InChI is InChI=1S/C24H36N2O3/c1-8-12-25(13-11-24(4,5)6)22(27)16-26-21-15-19(29-7)10-9-18(21)14-20(17(2)3)23(26)28/h9-10,14-15,17H,8,11-13,16H2,1-7H3. The predicted molar refractivity (Wildman–Crippen MR) is 120 cm³/mol. The second-order valence-corrected chi connectivity index (χ2v) is 9.26. The molecule has 1 heterocycles. The fraction of sp³-hybridized carbons (Fsp3) is 0.583. The van der Waals surface area contributed by atoms with Gasteiger partial charge in [-0.15, -0.1) is 0 Å². The molecule has 0 atom stereocenters. The zero-order valence-corrected chi connectivity index (χ0v) is 19.0. The molecule has 2 rings (SSSR count). The molecule has 1 aromatic heterocycles. The number of pyridine rings is 1. The molecular weight excluding hydrogens is 364 g/mol. The molecule has 0 unspecified atom stereocenters. The SMILES string of the molecule is CCCN(CCC(C)(C)C)C(=O)Cn1c(=O)c(C(C)C)cc2ccc(OC)cc21. The lowest BCUT2D eigenvalue weighted by atomic mass is 9.92. The minimum Gasteiger partial charge on any atom is -0.497 e. The third kappa shape index (κ3) is 5.84. The average molecular weight is 401 g/mol. The minimum absolute atomic E-state index is 0.0109. The van der Waals surface area contributed by atoms with Crippen LogP contribution < -0.4 is 10.3 Å². The Kier molecular flexibility index (Phi) is 7.50. The van der Waals surface area contributed by atoms with Crippen molar-refractivity contribution in [3.8, 4) is 5.75 Å². The maximum atomic E-state index is 13.2. The molecule has 0 aliphatic carbocycles. The molecule has 1 amide bonds. The molecule has 2 aromatic rings. The summed E-state index contributed by atoms with van der Waals surface area (Å²) in [6.45, 7) is 14.1. The summed E-state index contributed by atoms with van der Waals surface area (Å²) >= 11 is 0. The van der Waals surface area contributed by atoms with Crippen LogP contribution in [-0.2, 0) is 11.3 Å². The Morgan fingerprint density at radius 3 is 2.41 bits per heavy atom. The number of hydrogen-bond donors (Lipinski definition) is 0. The number of carbonyl (C=O) groups is 1. The topological polar surface area (TPSA) is 51.5 Å². The smallest absolute Gasteiger partial charge is 0.254 e. The first-order valence-electron chi connectivity index (χ1n) is 10.6. The fourth-order valence-corrected chi connectivity index (χ4v) is 3.41. The van der Waals surface area contributed by atoms with Gasteiger partial charge >= 0.3 is 0 Å². The van der Waals surface area contributed by atoms with Crippen molar-refractivity contribution in [1.82, 2.24) is 9.47 Å². The first kappa shape index (κ1) is 23.0. The summed E-state index contributed by atoms with van der Waals surface area (Å²) in [6, 6.07) is 7.61. The number of rotatable bonds is 8. The molecule has 0 saturated heterocycles. The molecule has 0 N–H and O–H groups in total. The highest BCUT2D eigenvalue weighted by Gasteiger charge is 2.20. The molecule has 0 bridgehead atoms. The van der Waals surface area contributed by atoms with Crippen LogP contribution in [0.1, 0.15) is 65.9 Å². The molecular formula is C24H36N2O3. The lowest BCUT2D eigenvalue weighted by Crippen LogP contribution is -2.39. The number of nitrogens with zero attached hydrogens (tertiary/aromatic N) is 2. The molecule has 0 aliphatic heterocycles. The van der Waals surface area contributed by atoms with Crippen LogP contribution in [0.15, 0.2) is 29.1 Å².